The number of anilines is 2. The Balaban J connectivity index is 2.26. The summed E-state index contributed by atoms with van der Waals surface area (Å²) in [6.07, 6.45) is 0. The maximum Gasteiger partial charge on any atom is 0.255 e. The topological polar surface area (TPSA) is 55.1 Å². The molecule has 0 atom stereocenters. The Hall–Kier alpha value is -2.14. The first-order valence-electron chi connectivity index (χ1n) is 5.70. The van der Waals surface area contributed by atoms with Crippen LogP contribution in [-0.4, -0.2) is 5.91 Å². The fourth-order valence-electron chi connectivity index (χ4n) is 1.61. The summed E-state index contributed by atoms with van der Waals surface area (Å²) in [5, 5.41) is 2.37. The van der Waals surface area contributed by atoms with Crippen molar-refractivity contribution < 1.29 is 13.6 Å². The number of hydrogen-bond acceptors (Lipinski definition) is 2. The van der Waals surface area contributed by atoms with E-state index in [1.165, 1.54) is 25.1 Å². The highest BCUT2D eigenvalue weighted by Gasteiger charge is 2.12. The van der Waals surface area contributed by atoms with Gasteiger partial charge in [0.2, 0.25) is 0 Å². The second-order valence-corrected chi connectivity index (χ2v) is 4.66. The second kappa shape index (κ2) is 5.46. The largest absolute Gasteiger partial charge is 0.398 e. The SMILES string of the molecule is Cc1c(N)cc(C(=O)Nc2ccc(F)c(Cl)c2)cc1F. The Kier molecular flexibility index (Phi) is 3.90. The van der Waals surface area contributed by atoms with E-state index in [0.717, 1.165) is 12.1 Å². The average Bonchev–Trinajstić information content (AvgIpc) is 2.39. The number of benzene rings is 2. The van der Waals surface area contributed by atoms with Crippen molar-refractivity contribution in [2.75, 3.05) is 11.1 Å². The number of nitrogen functional groups attached to an aromatic ring is 1. The molecule has 2 aromatic carbocycles. The molecule has 6 heteroatoms. The molecular formula is C14H11ClF2N2O. The number of carbonyl (C=O) groups is 1. The summed E-state index contributed by atoms with van der Waals surface area (Å²) in [7, 11) is 0. The summed E-state index contributed by atoms with van der Waals surface area (Å²) in [4.78, 5) is 12.0. The van der Waals surface area contributed by atoms with E-state index in [1.807, 2.05) is 0 Å². The van der Waals surface area contributed by atoms with Crippen LogP contribution in [0.3, 0.4) is 0 Å². The normalized spacial score (nSPS) is 10.4. The minimum atomic E-state index is -0.588. The summed E-state index contributed by atoms with van der Waals surface area (Å²) in [6, 6.07) is 6.21. The Morgan fingerprint density at radius 3 is 2.50 bits per heavy atom. The lowest BCUT2D eigenvalue weighted by molar-refractivity contribution is 0.102. The van der Waals surface area contributed by atoms with Crippen LogP contribution in [0.5, 0.6) is 0 Å². The molecule has 2 rings (SSSR count). The lowest BCUT2D eigenvalue weighted by Gasteiger charge is -2.08. The highest BCUT2D eigenvalue weighted by molar-refractivity contribution is 6.31. The third-order valence-corrected chi connectivity index (χ3v) is 3.11. The molecular weight excluding hydrogens is 286 g/mol. The monoisotopic (exact) mass is 296 g/mol. The molecule has 0 fully saturated rings. The van der Waals surface area contributed by atoms with Gasteiger partial charge in [-0.2, -0.15) is 0 Å². The van der Waals surface area contributed by atoms with Gasteiger partial charge in [-0.1, -0.05) is 11.6 Å². The zero-order valence-corrected chi connectivity index (χ0v) is 11.3. The van der Waals surface area contributed by atoms with Gasteiger partial charge >= 0.3 is 0 Å². The first-order chi connectivity index (χ1) is 9.38. The lowest BCUT2D eigenvalue weighted by Crippen LogP contribution is -2.13. The molecule has 0 bridgehead atoms. The molecule has 0 aliphatic carbocycles. The van der Waals surface area contributed by atoms with Crippen LogP contribution in [0.2, 0.25) is 5.02 Å². The average molecular weight is 297 g/mol. The van der Waals surface area contributed by atoms with Gasteiger partial charge in [-0.25, -0.2) is 8.78 Å². The van der Waals surface area contributed by atoms with Crippen LogP contribution >= 0.6 is 11.6 Å². The van der Waals surface area contributed by atoms with Gasteiger partial charge in [-0.3, -0.25) is 4.79 Å². The van der Waals surface area contributed by atoms with Crippen molar-refractivity contribution in [1.82, 2.24) is 0 Å². The van der Waals surface area contributed by atoms with Gasteiger partial charge in [0.05, 0.1) is 5.02 Å². The molecule has 3 nitrogen and oxygen atoms in total. The van der Waals surface area contributed by atoms with Crippen LogP contribution in [0.4, 0.5) is 20.2 Å². The molecule has 104 valence electrons. The molecule has 0 aliphatic heterocycles. The van der Waals surface area contributed by atoms with Crippen LogP contribution in [0.25, 0.3) is 0 Å². The summed E-state index contributed by atoms with van der Waals surface area (Å²) >= 11 is 5.61. The number of nitrogens with one attached hydrogen (secondary N) is 1. The Labute approximate surface area is 119 Å². The molecule has 20 heavy (non-hydrogen) atoms. The smallest absolute Gasteiger partial charge is 0.255 e. The molecule has 0 radical (unpaired) electrons. The van der Waals surface area contributed by atoms with Gasteiger partial charge < -0.3 is 11.1 Å². The molecule has 2 aromatic rings. The van der Waals surface area contributed by atoms with E-state index < -0.39 is 17.5 Å². The highest BCUT2D eigenvalue weighted by Crippen LogP contribution is 2.21. The van der Waals surface area contributed by atoms with Crippen molar-refractivity contribution in [1.29, 1.82) is 0 Å². The quantitative estimate of drug-likeness (QED) is 0.829. The first-order valence-corrected chi connectivity index (χ1v) is 6.08. The van der Waals surface area contributed by atoms with Crippen LogP contribution in [-0.2, 0) is 0 Å². The van der Waals surface area contributed by atoms with E-state index in [-0.39, 0.29) is 21.8 Å². The first kappa shape index (κ1) is 14.3. The van der Waals surface area contributed by atoms with Gasteiger partial charge in [0.1, 0.15) is 11.6 Å². The van der Waals surface area contributed by atoms with Crippen molar-refractivity contribution in [3.63, 3.8) is 0 Å². The fraction of sp³-hybridized carbons (Fsp3) is 0.0714. The van der Waals surface area contributed by atoms with Crippen LogP contribution in [0, 0.1) is 18.6 Å². The number of carbonyl (C=O) groups excluding carboxylic acids is 1. The number of nitrogens with two attached hydrogens (primary N) is 1. The van der Waals surface area contributed by atoms with Gasteiger partial charge in [-0.15, -0.1) is 0 Å². The fourth-order valence-corrected chi connectivity index (χ4v) is 1.79. The Morgan fingerprint density at radius 2 is 1.90 bits per heavy atom. The van der Waals surface area contributed by atoms with E-state index in [1.54, 1.807) is 0 Å². The Bertz CT molecular complexity index is 666. The molecule has 0 saturated carbocycles. The molecule has 0 aromatic heterocycles. The van der Waals surface area contributed by atoms with Gasteiger partial charge in [-0.05, 0) is 37.3 Å². The van der Waals surface area contributed by atoms with E-state index in [9.17, 15) is 13.6 Å². The summed E-state index contributed by atoms with van der Waals surface area (Å²) in [5.41, 5.74) is 6.46. The second-order valence-electron chi connectivity index (χ2n) is 4.26. The van der Waals surface area contributed by atoms with Crippen molar-refractivity contribution in [3.8, 4) is 0 Å². The van der Waals surface area contributed by atoms with Crippen LogP contribution < -0.4 is 11.1 Å². The molecule has 3 N–H and O–H groups in total. The molecule has 0 aliphatic rings. The van der Waals surface area contributed by atoms with Gasteiger partial charge in [0.15, 0.2) is 0 Å². The standard InChI is InChI=1S/C14H11ClF2N2O/c1-7-12(17)4-8(5-13(7)18)14(20)19-9-2-3-11(16)10(15)6-9/h2-6H,18H2,1H3,(H,19,20). The number of hydrogen-bond donors (Lipinski definition) is 2. The number of halogens is 3. The number of rotatable bonds is 2. The molecule has 0 spiro atoms. The van der Waals surface area contributed by atoms with Crippen molar-refractivity contribution >= 4 is 28.9 Å². The lowest BCUT2D eigenvalue weighted by atomic mass is 10.1. The molecule has 0 saturated heterocycles. The van der Waals surface area contributed by atoms with Crippen molar-refractivity contribution in [2.45, 2.75) is 6.92 Å². The van der Waals surface area contributed by atoms with Crippen LogP contribution in [0.15, 0.2) is 30.3 Å². The number of amides is 1. The zero-order chi connectivity index (χ0) is 14.9. The summed E-state index contributed by atoms with van der Waals surface area (Å²) < 4.78 is 26.5. The maximum absolute atomic E-state index is 13.5. The van der Waals surface area contributed by atoms with E-state index >= 15 is 0 Å². The third kappa shape index (κ3) is 2.88. The summed E-state index contributed by atoms with van der Waals surface area (Å²) in [6.45, 7) is 1.52. The minimum Gasteiger partial charge on any atom is -0.398 e. The van der Waals surface area contributed by atoms with Crippen LogP contribution in [0.1, 0.15) is 15.9 Å². The molecule has 1 amide bonds. The molecule has 0 heterocycles. The molecule has 0 unspecified atom stereocenters. The van der Waals surface area contributed by atoms with Gasteiger partial charge in [0, 0.05) is 22.5 Å². The maximum atomic E-state index is 13.5. The Morgan fingerprint density at radius 1 is 1.20 bits per heavy atom. The predicted octanol–water partition coefficient (Wildman–Crippen LogP) is 3.76. The van der Waals surface area contributed by atoms with Crippen molar-refractivity contribution in [2.24, 2.45) is 0 Å². The van der Waals surface area contributed by atoms with E-state index in [2.05, 4.69) is 5.32 Å². The van der Waals surface area contributed by atoms with E-state index in [4.69, 9.17) is 17.3 Å². The van der Waals surface area contributed by atoms with Crippen molar-refractivity contribution in [3.05, 3.63) is 58.1 Å². The van der Waals surface area contributed by atoms with Gasteiger partial charge in [0.25, 0.3) is 5.91 Å². The predicted molar refractivity (Wildman–Crippen MR) is 74.9 cm³/mol. The highest BCUT2D eigenvalue weighted by atomic mass is 35.5. The zero-order valence-electron chi connectivity index (χ0n) is 10.5. The minimum absolute atomic E-state index is 0.0750. The van der Waals surface area contributed by atoms with E-state index in [0.29, 0.717) is 5.69 Å². The third-order valence-electron chi connectivity index (χ3n) is 2.82. The summed E-state index contributed by atoms with van der Waals surface area (Å²) in [5.74, 6) is -1.71.